The lowest BCUT2D eigenvalue weighted by atomic mass is 10.1. The van der Waals surface area contributed by atoms with Gasteiger partial charge in [0.15, 0.2) is 0 Å². The molecule has 0 saturated heterocycles. The molecule has 2 aromatic rings. The van der Waals surface area contributed by atoms with Crippen molar-refractivity contribution in [1.29, 1.82) is 0 Å². The third kappa shape index (κ3) is 4.58. The molecular formula is C18H24ClN3O2. The lowest BCUT2D eigenvalue weighted by Crippen LogP contribution is -2.29. The van der Waals surface area contributed by atoms with Crippen LogP contribution in [0.4, 0.5) is 0 Å². The molecule has 0 spiro atoms. The first-order valence-electron chi connectivity index (χ1n) is 8.10. The number of hydrogen-bond donors (Lipinski definition) is 2. The van der Waals surface area contributed by atoms with Crippen molar-refractivity contribution in [2.75, 3.05) is 13.2 Å². The van der Waals surface area contributed by atoms with Crippen LogP contribution in [0, 0.1) is 19.8 Å². The van der Waals surface area contributed by atoms with E-state index in [1.807, 2.05) is 38.1 Å². The number of aromatic nitrogens is 2. The first-order valence-corrected chi connectivity index (χ1v) is 8.47. The van der Waals surface area contributed by atoms with Gasteiger partial charge in [-0.05, 0) is 31.7 Å². The van der Waals surface area contributed by atoms with Crippen LogP contribution in [-0.2, 0) is 6.54 Å². The molecule has 0 fully saturated rings. The van der Waals surface area contributed by atoms with Crippen molar-refractivity contribution in [3.8, 4) is 0 Å². The smallest absolute Gasteiger partial charge is 0.256 e. The van der Waals surface area contributed by atoms with Gasteiger partial charge in [0.2, 0.25) is 0 Å². The maximum Gasteiger partial charge on any atom is 0.256 e. The largest absolute Gasteiger partial charge is 0.396 e. The number of nitrogens with one attached hydrogen (secondary N) is 1. The number of nitrogens with zero attached hydrogens (tertiary/aromatic N) is 2. The fraction of sp³-hybridized carbons (Fsp3) is 0.444. The number of carbonyl (C=O) groups is 1. The average molecular weight is 350 g/mol. The molecule has 1 unspecified atom stereocenters. The van der Waals surface area contributed by atoms with E-state index in [0.717, 1.165) is 5.56 Å². The molecule has 2 N–H and O–H groups in total. The van der Waals surface area contributed by atoms with E-state index in [0.29, 0.717) is 35.9 Å². The summed E-state index contributed by atoms with van der Waals surface area (Å²) >= 11 is 6.38. The highest BCUT2D eigenvalue weighted by Crippen LogP contribution is 2.21. The summed E-state index contributed by atoms with van der Waals surface area (Å²) in [6.45, 7) is 6.93. The number of hydrogen-bond acceptors (Lipinski definition) is 3. The number of aliphatic hydroxyl groups is 1. The molecule has 5 nitrogen and oxygen atoms in total. The Balaban J connectivity index is 2.10. The molecule has 0 aliphatic carbocycles. The summed E-state index contributed by atoms with van der Waals surface area (Å²) in [7, 11) is 0. The molecule has 0 saturated carbocycles. The van der Waals surface area contributed by atoms with Crippen molar-refractivity contribution in [2.24, 2.45) is 5.92 Å². The third-order valence-electron chi connectivity index (χ3n) is 3.98. The Labute approximate surface area is 147 Å². The van der Waals surface area contributed by atoms with Crippen molar-refractivity contribution >= 4 is 17.5 Å². The van der Waals surface area contributed by atoms with Gasteiger partial charge < -0.3 is 10.4 Å². The molecule has 1 aromatic heterocycles. The van der Waals surface area contributed by atoms with Crippen molar-refractivity contribution in [1.82, 2.24) is 15.1 Å². The normalized spacial score (nSPS) is 12.2. The van der Waals surface area contributed by atoms with Gasteiger partial charge in [-0.25, -0.2) is 4.68 Å². The minimum Gasteiger partial charge on any atom is -0.396 e. The van der Waals surface area contributed by atoms with Gasteiger partial charge in [-0.3, -0.25) is 4.79 Å². The molecule has 24 heavy (non-hydrogen) atoms. The second-order valence-electron chi connectivity index (χ2n) is 6.22. The van der Waals surface area contributed by atoms with E-state index in [-0.39, 0.29) is 18.4 Å². The van der Waals surface area contributed by atoms with Crippen molar-refractivity contribution in [3.63, 3.8) is 0 Å². The second kappa shape index (κ2) is 8.31. The summed E-state index contributed by atoms with van der Waals surface area (Å²) in [5, 5.41) is 16.5. The number of aryl methyl sites for hydroxylation is 2. The number of benzene rings is 1. The van der Waals surface area contributed by atoms with Crippen molar-refractivity contribution < 1.29 is 9.90 Å². The Morgan fingerprint density at radius 3 is 2.62 bits per heavy atom. The number of rotatable bonds is 7. The highest BCUT2D eigenvalue weighted by Gasteiger charge is 2.20. The Bertz CT molecular complexity index is 695. The Morgan fingerprint density at radius 1 is 1.33 bits per heavy atom. The van der Waals surface area contributed by atoms with Crippen LogP contribution in [0.15, 0.2) is 24.3 Å². The molecule has 1 heterocycles. The lowest BCUT2D eigenvalue weighted by molar-refractivity contribution is 0.0945. The van der Waals surface area contributed by atoms with E-state index in [1.165, 1.54) is 5.56 Å². The van der Waals surface area contributed by atoms with Crippen molar-refractivity contribution in [3.05, 3.63) is 51.8 Å². The summed E-state index contributed by atoms with van der Waals surface area (Å²) in [5.41, 5.74) is 3.30. The van der Waals surface area contributed by atoms with Crippen LogP contribution in [0.1, 0.15) is 40.5 Å². The molecule has 1 aromatic carbocycles. The van der Waals surface area contributed by atoms with E-state index >= 15 is 0 Å². The van der Waals surface area contributed by atoms with Crippen LogP contribution in [0.3, 0.4) is 0 Å². The average Bonchev–Trinajstić information content (AvgIpc) is 2.82. The van der Waals surface area contributed by atoms with Crippen LogP contribution in [0.25, 0.3) is 0 Å². The van der Waals surface area contributed by atoms with Crippen LogP contribution in [-0.4, -0.2) is 33.9 Å². The van der Waals surface area contributed by atoms with E-state index in [4.69, 9.17) is 16.7 Å². The Kier molecular flexibility index (Phi) is 6.40. The summed E-state index contributed by atoms with van der Waals surface area (Å²) in [5.74, 6) is -0.0157. The van der Waals surface area contributed by atoms with E-state index in [1.54, 1.807) is 11.6 Å². The number of aliphatic hydroxyl groups excluding tert-OH is 1. The minimum atomic E-state index is -0.225. The van der Waals surface area contributed by atoms with Gasteiger partial charge >= 0.3 is 0 Å². The van der Waals surface area contributed by atoms with Crippen LogP contribution in [0.2, 0.25) is 5.15 Å². The highest BCUT2D eigenvalue weighted by molar-refractivity contribution is 6.33. The zero-order chi connectivity index (χ0) is 17.7. The van der Waals surface area contributed by atoms with E-state index < -0.39 is 0 Å². The SMILES string of the molecule is Cc1ccc(Cn2nc(C)c(C(=O)NCC(C)CCO)c2Cl)cc1. The van der Waals surface area contributed by atoms with E-state index in [9.17, 15) is 4.79 Å². The predicted molar refractivity (Wildman–Crippen MR) is 95.5 cm³/mol. The molecule has 1 atom stereocenters. The van der Waals surface area contributed by atoms with Crippen LogP contribution < -0.4 is 5.32 Å². The summed E-state index contributed by atoms with van der Waals surface area (Å²) in [6.07, 6.45) is 0.652. The quantitative estimate of drug-likeness (QED) is 0.807. The second-order valence-corrected chi connectivity index (χ2v) is 6.58. The number of amides is 1. The molecule has 130 valence electrons. The van der Waals surface area contributed by atoms with Gasteiger partial charge in [0, 0.05) is 13.2 Å². The van der Waals surface area contributed by atoms with Gasteiger partial charge in [-0.1, -0.05) is 48.4 Å². The first-order chi connectivity index (χ1) is 11.4. The standard InChI is InChI=1S/C18H24ClN3O2/c1-12-4-6-15(7-5-12)11-22-17(19)16(14(3)21-22)18(24)20-10-13(2)8-9-23/h4-7,13,23H,8-11H2,1-3H3,(H,20,24). The van der Waals surface area contributed by atoms with Crippen LogP contribution >= 0.6 is 11.6 Å². The van der Waals surface area contributed by atoms with Crippen molar-refractivity contribution in [2.45, 2.75) is 33.7 Å². The first kappa shape index (κ1) is 18.5. The lowest BCUT2D eigenvalue weighted by Gasteiger charge is -2.11. The molecule has 0 aliphatic heterocycles. The van der Waals surface area contributed by atoms with E-state index in [2.05, 4.69) is 10.4 Å². The number of carbonyl (C=O) groups excluding carboxylic acids is 1. The van der Waals surface area contributed by atoms with Gasteiger partial charge in [-0.2, -0.15) is 5.10 Å². The van der Waals surface area contributed by atoms with Gasteiger partial charge in [0.25, 0.3) is 5.91 Å². The summed E-state index contributed by atoms with van der Waals surface area (Å²) in [6, 6.07) is 8.13. The monoisotopic (exact) mass is 349 g/mol. The molecule has 6 heteroatoms. The molecule has 0 bridgehead atoms. The van der Waals surface area contributed by atoms with Gasteiger partial charge in [-0.15, -0.1) is 0 Å². The zero-order valence-corrected chi connectivity index (χ0v) is 15.1. The highest BCUT2D eigenvalue weighted by atomic mass is 35.5. The molecular weight excluding hydrogens is 326 g/mol. The maximum absolute atomic E-state index is 12.4. The summed E-state index contributed by atoms with van der Waals surface area (Å²) in [4.78, 5) is 12.4. The van der Waals surface area contributed by atoms with Gasteiger partial charge in [0.05, 0.1) is 17.8 Å². The minimum absolute atomic E-state index is 0.116. The molecule has 0 radical (unpaired) electrons. The Morgan fingerprint density at radius 2 is 2.00 bits per heavy atom. The fourth-order valence-corrected chi connectivity index (χ4v) is 2.78. The Hall–Kier alpha value is -1.85. The maximum atomic E-state index is 12.4. The zero-order valence-electron chi connectivity index (χ0n) is 14.3. The molecule has 0 aliphatic rings. The fourth-order valence-electron chi connectivity index (χ4n) is 2.46. The van der Waals surface area contributed by atoms with Gasteiger partial charge in [0.1, 0.15) is 5.15 Å². The predicted octanol–water partition coefficient (Wildman–Crippen LogP) is 2.95. The number of halogens is 1. The molecule has 2 rings (SSSR count). The van der Waals surface area contributed by atoms with Crippen LogP contribution in [0.5, 0.6) is 0 Å². The third-order valence-corrected chi connectivity index (χ3v) is 4.36. The summed E-state index contributed by atoms with van der Waals surface area (Å²) < 4.78 is 1.65. The topological polar surface area (TPSA) is 67.2 Å². The molecule has 1 amide bonds.